The standard InChI is InChI=1S/C16H23N3O3/c17-12-16(8-4-5-9-16)19-14(20)10-18-15(21)11-22-13-6-2-1-3-7-13/h1-3,6-7H,4-5,8-12,17H2,(H,18,21)(H,19,20). The molecule has 0 aliphatic heterocycles. The summed E-state index contributed by atoms with van der Waals surface area (Å²) in [7, 11) is 0. The molecular formula is C16H23N3O3. The third kappa shape index (κ3) is 4.73. The van der Waals surface area contributed by atoms with Crippen LogP contribution in [0.25, 0.3) is 0 Å². The highest BCUT2D eigenvalue weighted by molar-refractivity contribution is 5.85. The van der Waals surface area contributed by atoms with Crippen molar-refractivity contribution < 1.29 is 14.3 Å². The number of benzene rings is 1. The molecule has 0 unspecified atom stereocenters. The Hall–Kier alpha value is -2.08. The highest BCUT2D eigenvalue weighted by atomic mass is 16.5. The predicted octanol–water partition coefficient (Wildman–Crippen LogP) is 0.569. The number of hydrogen-bond donors (Lipinski definition) is 3. The fourth-order valence-electron chi connectivity index (χ4n) is 2.67. The maximum absolute atomic E-state index is 11.9. The summed E-state index contributed by atoms with van der Waals surface area (Å²) in [5.74, 6) is 0.0859. The zero-order valence-electron chi connectivity index (χ0n) is 12.6. The predicted molar refractivity (Wildman–Crippen MR) is 83.3 cm³/mol. The van der Waals surface area contributed by atoms with Crippen LogP contribution in [0, 0.1) is 0 Å². The second kappa shape index (κ2) is 7.79. The van der Waals surface area contributed by atoms with Gasteiger partial charge in [0.05, 0.1) is 12.1 Å². The molecule has 0 atom stereocenters. The van der Waals surface area contributed by atoms with E-state index in [0.717, 1.165) is 25.7 Å². The molecule has 0 saturated heterocycles. The van der Waals surface area contributed by atoms with E-state index in [0.29, 0.717) is 12.3 Å². The average molecular weight is 305 g/mol. The third-order valence-electron chi connectivity index (χ3n) is 3.92. The van der Waals surface area contributed by atoms with Crippen LogP contribution in [0.5, 0.6) is 5.75 Å². The van der Waals surface area contributed by atoms with E-state index in [1.165, 1.54) is 0 Å². The van der Waals surface area contributed by atoms with Crippen molar-refractivity contribution in [3.63, 3.8) is 0 Å². The van der Waals surface area contributed by atoms with Gasteiger partial charge in [-0.2, -0.15) is 0 Å². The molecule has 6 nitrogen and oxygen atoms in total. The van der Waals surface area contributed by atoms with Gasteiger partial charge in [-0.25, -0.2) is 0 Å². The molecule has 0 spiro atoms. The van der Waals surface area contributed by atoms with Gasteiger partial charge in [0.15, 0.2) is 6.61 Å². The summed E-state index contributed by atoms with van der Waals surface area (Å²) >= 11 is 0. The summed E-state index contributed by atoms with van der Waals surface area (Å²) in [6, 6.07) is 9.06. The van der Waals surface area contributed by atoms with E-state index < -0.39 is 0 Å². The number of nitrogens with two attached hydrogens (primary N) is 1. The maximum atomic E-state index is 11.9. The lowest BCUT2D eigenvalue weighted by Gasteiger charge is -2.28. The Kier molecular flexibility index (Phi) is 5.77. The molecule has 2 amide bonds. The third-order valence-corrected chi connectivity index (χ3v) is 3.92. The molecule has 1 saturated carbocycles. The number of nitrogens with one attached hydrogen (secondary N) is 2. The highest BCUT2D eigenvalue weighted by Crippen LogP contribution is 2.28. The minimum Gasteiger partial charge on any atom is -0.484 e. The Morgan fingerprint density at radius 1 is 1.14 bits per heavy atom. The normalized spacial score (nSPS) is 16.0. The largest absolute Gasteiger partial charge is 0.484 e. The number of hydrogen-bond acceptors (Lipinski definition) is 4. The van der Waals surface area contributed by atoms with Crippen LogP contribution in [-0.2, 0) is 9.59 Å². The van der Waals surface area contributed by atoms with Crippen LogP contribution >= 0.6 is 0 Å². The number of carbonyl (C=O) groups excluding carboxylic acids is 2. The van der Waals surface area contributed by atoms with Crippen molar-refractivity contribution >= 4 is 11.8 Å². The van der Waals surface area contributed by atoms with Gasteiger partial charge in [-0.05, 0) is 25.0 Å². The van der Waals surface area contributed by atoms with Crippen molar-refractivity contribution in [1.29, 1.82) is 0 Å². The molecule has 0 bridgehead atoms. The van der Waals surface area contributed by atoms with Gasteiger partial charge < -0.3 is 21.1 Å². The van der Waals surface area contributed by atoms with Crippen LogP contribution in [0.1, 0.15) is 25.7 Å². The lowest BCUT2D eigenvalue weighted by Crippen LogP contribution is -2.54. The van der Waals surface area contributed by atoms with Crippen molar-refractivity contribution in [2.75, 3.05) is 19.7 Å². The molecule has 0 heterocycles. The molecular weight excluding hydrogens is 282 g/mol. The molecule has 2 rings (SSSR count). The molecule has 4 N–H and O–H groups in total. The fraction of sp³-hybridized carbons (Fsp3) is 0.500. The lowest BCUT2D eigenvalue weighted by molar-refractivity contribution is -0.128. The van der Waals surface area contributed by atoms with E-state index in [9.17, 15) is 9.59 Å². The smallest absolute Gasteiger partial charge is 0.258 e. The Balaban J connectivity index is 1.68. The SMILES string of the molecule is NCC1(NC(=O)CNC(=O)COc2ccccc2)CCCC1. The van der Waals surface area contributed by atoms with Gasteiger partial charge in [-0.3, -0.25) is 9.59 Å². The van der Waals surface area contributed by atoms with E-state index >= 15 is 0 Å². The number of rotatable bonds is 7. The average Bonchev–Trinajstić information content (AvgIpc) is 3.01. The van der Waals surface area contributed by atoms with Crippen molar-refractivity contribution in [3.05, 3.63) is 30.3 Å². The van der Waals surface area contributed by atoms with Crippen LogP contribution in [-0.4, -0.2) is 37.0 Å². The second-order valence-electron chi connectivity index (χ2n) is 5.62. The lowest BCUT2D eigenvalue weighted by atomic mass is 9.98. The van der Waals surface area contributed by atoms with Crippen LogP contribution in [0.3, 0.4) is 0 Å². The summed E-state index contributed by atoms with van der Waals surface area (Å²) in [6.45, 7) is 0.266. The number of amides is 2. The topological polar surface area (TPSA) is 93.5 Å². The summed E-state index contributed by atoms with van der Waals surface area (Å²) < 4.78 is 5.31. The monoisotopic (exact) mass is 305 g/mol. The summed E-state index contributed by atoms with van der Waals surface area (Å²) in [5, 5.41) is 5.50. The van der Waals surface area contributed by atoms with Gasteiger partial charge in [0.1, 0.15) is 5.75 Å². The zero-order chi connectivity index (χ0) is 15.8. The Morgan fingerprint density at radius 3 is 2.45 bits per heavy atom. The fourth-order valence-corrected chi connectivity index (χ4v) is 2.67. The van der Waals surface area contributed by atoms with Gasteiger partial charge >= 0.3 is 0 Å². The first-order chi connectivity index (χ1) is 10.6. The molecule has 22 heavy (non-hydrogen) atoms. The molecule has 0 aromatic heterocycles. The van der Waals surface area contributed by atoms with E-state index in [1.807, 2.05) is 18.2 Å². The molecule has 0 radical (unpaired) electrons. The van der Waals surface area contributed by atoms with Gasteiger partial charge in [0.2, 0.25) is 5.91 Å². The maximum Gasteiger partial charge on any atom is 0.258 e. The number of ether oxygens (including phenoxy) is 1. The van der Waals surface area contributed by atoms with Gasteiger partial charge in [0.25, 0.3) is 5.91 Å². The van der Waals surface area contributed by atoms with Crippen LogP contribution in [0.15, 0.2) is 30.3 Å². The van der Waals surface area contributed by atoms with E-state index in [1.54, 1.807) is 12.1 Å². The Labute approximate surface area is 130 Å². The second-order valence-corrected chi connectivity index (χ2v) is 5.62. The van der Waals surface area contributed by atoms with Crippen molar-refractivity contribution in [2.45, 2.75) is 31.2 Å². The molecule has 1 aliphatic carbocycles. The molecule has 6 heteroatoms. The van der Waals surface area contributed by atoms with Crippen LogP contribution in [0.2, 0.25) is 0 Å². The number of carbonyl (C=O) groups is 2. The Bertz CT molecular complexity index is 499. The van der Waals surface area contributed by atoms with Crippen LogP contribution < -0.4 is 21.1 Å². The summed E-state index contributed by atoms with van der Waals surface area (Å²) in [5.41, 5.74) is 5.47. The van der Waals surface area contributed by atoms with E-state index in [-0.39, 0.29) is 30.5 Å². The van der Waals surface area contributed by atoms with Gasteiger partial charge in [-0.15, -0.1) is 0 Å². The first kappa shape index (κ1) is 16.3. The minimum atomic E-state index is -0.327. The van der Waals surface area contributed by atoms with Gasteiger partial charge in [-0.1, -0.05) is 31.0 Å². The minimum absolute atomic E-state index is 0.0568. The van der Waals surface area contributed by atoms with Crippen molar-refractivity contribution in [3.8, 4) is 5.75 Å². The highest BCUT2D eigenvalue weighted by Gasteiger charge is 2.33. The van der Waals surface area contributed by atoms with E-state index in [4.69, 9.17) is 10.5 Å². The first-order valence-corrected chi connectivity index (χ1v) is 7.59. The molecule has 1 aromatic rings. The molecule has 120 valence electrons. The summed E-state index contributed by atoms with van der Waals surface area (Å²) in [6.07, 6.45) is 3.96. The Morgan fingerprint density at radius 2 is 1.82 bits per heavy atom. The van der Waals surface area contributed by atoms with E-state index in [2.05, 4.69) is 10.6 Å². The van der Waals surface area contributed by atoms with Crippen LogP contribution in [0.4, 0.5) is 0 Å². The van der Waals surface area contributed by atoms with Crippen molar-refractivity contribution in [1.82, 2.24) is 10.6 Å². The number of para-hydroxylation sites is 1. The first-order valence-electron chi connectivity index (χ1n) is 7.59. The molecule has 1 aliphatic rings. The quantitative estimate of drug-likeness (QED) is 0.686. The summed E-state index contributed by atoms with van der Waals surface area (Å²) in [4.78, 5) is 23.6. The van der Waals surface area contributed by atoms with Crippen molar-refractivity contribution in [2.24, 2.45) is 5.73 Å². The molecule has 1 fully saturated rings. The molecule has 1 aromatic carbocycles. The van der Waals surface area contributed by atoms with Gasteiger partial charge in [0, 0.05) is 6.54 Å². The zero-order valence-corrected chi connectivity index (χ0v) is 12.6.